The van der Waals surface area contributed by atoms with Gasteiger partial charge in [-0.2, -0.15) is 23.4 Å². The predicted molar refractivity (Wildman–Crippen MR) is 83.5 cm³/mol. The number of aromatic nitrogens is 4. The molecule has 2 aromatic heterocycles. The summed E-state index contributed by atoms with van der Waals surface area (Å²) < 4.78 is 41.4. The molecule has 0 bridgehead atoms. The van der Waals surface area contributed by atoms with Crippen molar-refractivity contribution < 1.29 is 13.2 Å². The molecular formula is C16H22F3N5. The van der Waals surface area contributed by atoms with E-state index in [-0.39, 0.29) is 6.04 Å². The van der Waals surface area contributed by atoms with Crippen molar-refractivity contribution in [2.75, 3.05) is 19.6 Å². The van der Waals surface area contributed by atoms with Crippen LogP contribution in [-0.2, 0) is 19.1 Å². The van der Waals surface area contributed by atoms with Crippen molar-refractivity contribution in [3.8, 4) is 0 Å². The topological polar surface area (TPSA) is 38.9 Å². The molecular weight excluding hydrogens is 319 g/mol. The molecule has 0 saturated carbocycles. The number of aryl methyl sites for hydroxylation is 1. The summed E-state index contributed by atoms with van der Waals surface area (Å²) in [4.78, 5) is 2.30. The third-order valence-corrected chi connectivity index (χ3v) is 4.48. The fraction of sp³-hybridized carbons (Fsp3) is 0.625. The van der Waals surface area contributed by atoms with Crippen molar-refractivity contribution in [2.45, 2.75) is 44.9 Å². The summed E-state index contributed by atoms with van der Waals surface area (Å²) in [6, 6.07) is 1.06. The van der Waals surface area contributed by atoms with Gasteiger partial charge < -0.3 is 4.90 Å². The van der Waals surface area contributed by atoms with Crippen molar-refractivity contribution in [1.82, 2.24) is 24.5 Å². The Bertz CT molecular complexity index is 661. The summed E-state index contributed by atoms with van der Waals surface area (Å²) in [6.07, 6.45) is 3.74. The first kappa shape index (κ1) is 17.0. The van der Waals surface area contributed by atoms with E-state index in [9.17, 15) is 13.2 Å². The second-order valence-corrected chi connectivity index (χ2v) is 6.23. The molecule has 3 heterocycles. The molecule has 1 aliphatic rings. The van der Waals surface area contributed by atoms with Crippen LogP contribution in [0.25, 0.3) is 0 Å². The van der Waals surface area contributed by atoms with Crippen molar-refractivity contribution in [1.29, 1.82) is 0 Å². The van der Waals surface area contributed by atoms with Crippen LogP contribution in [0.4, 0.5) is 13.2 Å². The van der Waals surface area contributed by atoms with Gasteiger partial charge in [0.1, 0.15) is 0 Å². The molecule has 1 aliphatic heterocycles. The van der Waals surface area contributed by atoms with Crippen LogP contribution < -0.4 is 0 Å². The molecule has 0 radical (unpaired) electrons. The highest BCUT2D eigenvalue weighted by atomic mass is 19.4. The number of likely N-dealkylation sites (tertiary alicyclic amines) is 1. The van der Waals surface area contributed by atoms with Crippen molar-refractivity contribution >= 4 is 0 Å². The SMILES string of the molecule is CCn1cc(CCN2CCCC(n3ccc(C(F)(F)F)n3)C2)cn1. The largest absolute Gasteiger partial charge is 0.435 e. The van der Waals surface area contributed by atoms with Crippen molar-refractivity contribution in [2.24, 2.45) is 0 Å². The van der Waals surface area contributed by atoms with Crippen LogP contribution in [0.5, 0.6) is 0 Å². The van der Waals surface area contributed by atoms with E-state index in [0.717, 1.165) is 51.5 Å². The van der Waals surface area contributed by atoms with E-state index >= 15 is 0 Å². The van der Waals surface area contributed by atoms with Gasteiger partial charge in [0.15, 0.2) is 5.69 Å². The van der Waals surface area contributed by atoms with Crippen LogP contribution in [0, 0.1) is 0 Å². The summed E-state index contributed by atoms with van der Waals surface area (Å²) >= 11 is 0. The van der Waals surface area contributed by atoms with Crippen LogP contribution in [-0.4, -0.2) is 44.1 Å². The zero-order valence-corrected chi connectivity index (χ0v) is 13.7. The van der Waals surface area contributed by atoms with Crippen LogP contribution in [0.1, 0.15) is 37.1 Å². The lowest BCUT2D eigenvalue weighted by atomic mass is 10.1. The second-order valence-electron chi connectivity index (χ2n) is 6.23. The average molecular weight is 341 g/mol. The number of nitrogens with zero attached hydrogens (tertiary/aromatic N) is 5. The molecule has 0 aliphatic carbocycles. The van der Waals surface area contributed by atoms with Gasteiger partial charge in [0.25, 0.3) is 0 Å². The first-order valence-electron chi connectivity index (χ1n) is 8.31. The smallest absolute Gasteiger partial charge is 0.301 e. The first-order chi connectivity index (χ1) is 11.5. The number of alkyl halides is 3. The molecule has 0 aromatic carbocycles. The third-order valence-electron chi connectivity index (χ3n) is 4.48. The minimum absolute atomic E-state index is 0.00761. The van der Waals surface area contributed by atoms with E-state index in [1.165, 1.54) is 16.4 Å². The monoisotopic (exact) mass is 341 g/mol. The highest BCUT2D eigenvalue weighted by Crippen LogP contribution is 2.29. The van der Waals surface area contributed by atoms with E-state index in [1.807, 2.05) is 24.0 Å². The highest BCUT2D eigenvalue weighted by molar-refractivity contribution is 5.05. The van der Waals surface area contributed by atoms with Crippen LogP contribution in [0.2, 0.25) is 0 Å². The number of halogens is 3. The second kappa shape index (κ2) is 6.96. The molecule has 24 heavy (non-hydrogen) atoms. The molecule has 5 nitrogen and oxygen atoms in total. The van der Waals surface area contributed by atoms with E-state index in [0.29, 0.717) is 0 Å². The van der Waals surface area contributed by atoms with Crippen LogP contribution in [0.3, 0.4) is 0 Å². The molecule has 0 spiro atoms. The fourth-order valence-corrected chi connectivity index (χ4v) is 3.14. The zero-order valence-electron chi connectivity index (χ0n) is 13.7. The normalized spacial score (nSPS) is 19.8. The summed E-state index contributed by atoms with van der Waals surface area (Å²) in [5.74, 6) is 0. The quantitative estimate of drug-likeness (QED) is 0.839. The summed E-state index contributed by atoms with van der Waals surface area (Å²) in [5, 5.41) is 7.99. The Morgan fingerprint density at radius 3 is 2.83 bits per heavy atom. The van der Waals surface area contributed by atoms with Gasteiger partial charge in [-0.05, 0) is 44.4 Å². The van der Waals surface area contributed by atoms with Gasteiger partial charge >= 0.3 is 6.18 Å². The lowest BCUT2D eigenvalue weighted by Crippen LogP contribution is -2.38. The standard InChI is InChI=1S/C16H22F3N5/c1-2-23-11-13(10-20-23)5-8-22-7-3-4-14(12-22)24-9-6-15(21-24)16(17,18)19/h6,9-11,14H,2-5,7-8,12H2,1H3. The molecule has 3 rings (SSSR count). The minimum atomic E-state index is -4.38. The molecule has 0 N–H and O–H groups in total. The van der Waals surface area contributed by atoms with Crippen molar-refractivity contribution in [3.63, 3.8) is 0 Å². The van der Waals surface area contributed by atoms with Gasteiger partial charge in [-0.25, -0.2) is 0 Å². The molecule has 1 fully saturated rings. The minimum Gasteiger partial charge on any atom is -0.301 e. The van der Waals surface area contributed by atoms with E-state index in [1.54, 1.807) is 0 Å². The van der Waals surface area contributed by atoms with Crippen molar-refractivity contribution in [3.05, 3.63) is 35.9 Å². The van der Waals surface area contributed by atoms with Crippen LogP contribution in [0.15, 0.2) is 24.7 Å². The van der Waals surface area contributed by atoms with Gasteiger partial charge in [0.05, 0.1) is 12.2 Å². The molecule has 1 saturated heterocycles. The third kappa shape index (κ3) is 3.98. The maximum absolute atomic E-state index is 12.7. The van der Waals surface area contributed by atoms with Gasteiger partial charge in [-0.15, -0.1) is 0 Å². The lowest BCUT2D eigenvalue weighted by molar-refractivity contribution is -0.141. The summed E-state index contributed by atoms with van der Waals surface area (Å²) in [6.45, 7) is 5.50. The van der Waals surface area contributed by atoms with Gasteiger partial charge in [0.2, 0.25) is 0 Å². The summed E-state index contributed by atoms with van der Waals surface area (Å²) in [5.41, 5.74) is 0.379. The van der Waals surface area contributed by atoms with Gasteiger partial charge in [0, 0.05) is 32.0 Å². The average Bonchev–Trinajstić information content (AvgIpc) is 3.22. The lowest BCUT2D eigenvalue weighted by Gasteiger charge is -2.32. The maximum Gasteiger partial charge on any atom is 0.435 e. The Hall–Kier alpha value is -1.83. The molecule has 132 valence electrons. The number of piperidine rings is 1. The Labute approximate surface area is 139 Å². The highest BCUT2D eigenvalue weighted by Gasteiger charge is 2.34. The molecule has 8 heteroatoms. The Balaban J connectivity index is 1.57. The van der Waals surface area contributed by atoms with Gasteiger partial charge in [-0.1, -0.05) is 0 Å². The maximum atomic E-state index is 12.7. The van der Waals surface area contributed by atoms with E-state index in [2.05, 4.69) is 15.1 Å². The van der Waals surface area contributed by atoms with E-state index in [4.69, 9.17) is 0 Å². The molecule has 1 atom stereocenters. The Morgan fingerprint density at radius 1 is 1.33 bits per heavy atom. The zero-order chi connectivity index (χ0) is 17.2. The molecule has 2 aromatic rings. The molecule has 0 amide bonds. The summed E-state index contributed by atoms with van der Waals surface area (Å²) in [7, 11) is 0. The predicted octanol–water partition coefficient (Wildman–Crippen LogP) is 3.00. The molecule has 1 unspecified atom stereocenters. The number of hydrogen-bond donors (Lipinski definition) is 0. The number of rotatable bonds is 5. The Kier molecular flexibility index (Phi) is 4.93. The van der Waals surface area contributed by atoms with E-state index < -0.39 is 11.9 Å². The Morgan fingerprint density at radius 2 is 2.17 bits per heavy atom. The number of hydrogen-bond acceptors (Lipinski definition) is 3. The fourth-order valence-electron chi connectivity index (χ4n) is 3.14. The first-order valence-corrected chi connectivity index (χ1v) is 8.31. The van der Waals surface area contributed by atoms with Gasteiger partial charge in [-0.3, -0.25) is 9.36 Å². The van der Waals surface area contributed by atoms with Crippen LogP contribution >= 0.6 is 0 Å².